The van der Waals surface area contributed by atoms with Crippen LogP contribution in [0.15, 0.2) is 93.8 Å². The number of anilines is 1. The average molecular weight is 425 g/mol. The van der Waals surface area contributed by atoms with Crippen LogP contribution in [-0.4, -0.2) is 15.8 Å². The van der Waals surface area contributed by atoms with Gasteiger partial charge in [-0.1, -0.05) is 24.3 Å². The van der Waals surface area contributed by atoms with E-state index in [1.807, 2.05) is 24.3 Å². The molecule has 2 aromatic heterocycles. The highest BCUT2D eigenvalue weighted by atomic mass is 16.6. The average Bonchev–Trinajstić information content (AvgIpc) is 3.47. The van der Waals surface area contributed by atoms with Gasteiger partial charge < -0.3 is 14.2 Å². The number of nitrogens with one attached hydrogen (secondary N) is 1. The van der Waals surface area contributed by atoms with Gasteiger partial charge in [-0.3, -0.25) is 14.9 Å². The lowest BCUT2D eigenvalue weighted by Crippen LogP contribution is -2.10. The molecule has 0 radical (unpaired) electrons. The summed E-state index contributed by atoms with van der Waals surface area (Å²) in [5, 5.41) is 13.7. The van der Waals surface area contributed by atoms with E-state index in [1.54, 1.807) is 42.5 Å². The molecule has 2 heterocycles. The molecule has 0 bridgehead atoms. The summed E-state index contributed by atoms with van der Waals surface area (Å²) in [5.74, 6) is 0.521. The molecular weight excluding hydrogens is 410 g/mol. The van der Waals surface area contributed by atoms with Crippen LogP contribution >= 0.6 is 0 Å². The Kier molecular flexibility index (Phi) is 4.72. The second-order valence-electron chi connectivity index (χ2n) is 6.99. The normalized spacial score (nSPS) is 10.9. The van der Waals surface area contributed by atoms with Gasteiger partial charge in [-0.15, -0.1) is 0 Å². The third-order valence-electron chi connectivity index (χ3n) is 4.85. The second-order valence-corrected chi connectivity index (χ2v) is 6.99. The lowest BCUT2D eigenvalue weighted by Gasteiger charge is -2.04. The van der Waals surface area contributed by atoms with Crippen molar-refractivity contribution < 1.29 is 18.6 Å². The summed E-state index contributed by atoms with van der Waals surface area (Å²) in [6.07, 6.45) is 0. The van der Waals surface area contributed by atoms with Crippen LogP contribution in [0.25, 0.3) is 33.9 Å². The Hall–Kier alpha value is -4.72. The van der Waals surface area contributed by atoms with Gasteiger partial charge in [0.25, 0.3) is 11.6 Å². The van der Waals surface area contributed by atoms with Crippen molar-refractivity contribution in [3.63, 3.8) is 0 Å². The van der Waals surface area contributed by atoms with Gasteiger partial charge in [-0.2, -0.15) is 0 Å². The molecule has 3 aromatic carbocycles. The molecule has 0 aliphatic rings. The number of oxazole rings is 1. The van der Waals surface area contributed by atoms with E-state index < -0.39 is 10.8 Å². The molecule has 0 spiro atoms. The van der Waals surface area contributed by atoms with E-state index in [0.717, 1.165) is 11.1 Å². The summed E-state index contributed by atoms with van der Waals surface area (Å²) < 4.78 is 11.4. The molecule has 32 heavy (non-hydrogen) atoms. The molecule has 5 aromatic rings. The van der Waals surface area contributed by atoms with E-state index >= 15 is 0 Å². The van der Waals surface area contributed by atoms with Gasteiger partial charge in [0, 0.05) is 28.9 Å². The van der Waals surface area contributed by atoms with E-state index in [0.29, 0.717) is 28.5 Å². The fourth-order valence-corrected chi connectivity index (χ4v) is 3.27. The number of nitrogens with zero attached hydrogens (tertiary/aromatic N) is 2. The number of carbonyl (C=O) groups excluding carboxylic acids is 1. The quantitative estimate of drug-likeness (QED) is 0.276. The highest BCUT2D eigenvalue weighted by molar-refractivity contribution is 6.02. The highest BCUT2D eigenvalue weighted by Gasteiger charge is 2.15. The minimum Gasteiger partial charge on any atom is -0.451 e. The molecule has 0 saturated heterocycles. The topological polar surface area (TPSA) is 111 Å². The molecule has 1 N–H and O–H groups in total. The van der Waals surface area contributed by atoms with Crippen molar-refractivity contribution in [1.29, 1.82) is 0 Å². The Bertz CT molecular complexity index is 1420. The molecule has 0 aliphatic heterocycles. The summed E-state index contributed by atoms with van der Waals surface area (Å²) in [7, 11) is 0. The first kappa shape index (κ1) is 19.3. The summed E-state index contributed by atoms with van der Waals surface area (Å²) in [6.45, 7) is 0. The predicted octanol–water partition coefficient (Wildman–Crippen LogP) is 5.92. The number of carbonyl (C=O) groups is 1. The largest absolute Gasteiger partial charge is 0.451 e. The molecule has 0 unspecified atom stereocenters. The fourth-order valence-electron chi connectivity index (χ4n) is 3.27. The van der Waals surface area contributed by atoms with Gasteiger partial charge in [0.15, 0.2) is 11.3 Å². The number of furan rings is 1. The van der Waals surface area contributed by atoms with E-state index in [-0.39, 0.29) is 11.4 Å². The molecule has 156 valence electrons. The summed E-state index contributed by atoms with van der Waals surface area (Å²) in [5.41, 5.74) is 3.30. The van der Waals surface area contributed by atoms with Crippen LogP contribution in [-0.2, 0) is 0 Å². The van der Waals surface area contributed by atoms with Crippen LogP contribution in [0, 0.1) is 10.1 Å². The standard InChI is InChI=1S/C24H15N3O5/c28-23(22-13-12-20(31-22)16-4-3-5-18(14-16)27(29)30)25-17-10-8-15(9-11-17)24-26-19-6-1-2-7-21(19)32-24/h1-14H,(H,25,28). The molecule has 0 atom stereocenters. The summed E-state index contributed by atoms with van der Waals surface area (Å²) >= 11 is 0. The lowest BCUT2D eigenvalue weighted by atomic mass is 10.1. The highest BCUT2D eigenvalue weighted by Crippen LogP contribution is 2.27. The number of nitro groups is 1. The van der Waals surface area contributed by atoms with Crippen LogP contribution in [0.2, 0.25) is 0 Å². The smallest absolute Gasteiger partial charge is 0.291 e. The number of hydrogen-bond donors (Lipinski definition) is 1. The minimum absolute atomic E-state index is 0.0519. The van der Waals surface area contributed by atoms with Crippen molar-refractivity contribution in [1.82, 2.24) is 4.98 Å². The number of aromatic nitrogens is 1. The van der Waals surface area contributed by atoms with E-state index in [1.165, 1.54) is 18.2 Å². The minimum atomic E-state index is -0.482. The molecule has 0 aliphatic carbocycles. The van der Waals surface area contributed by atoms with Crippen molar-refractivity contribution >= 4 is 28.4 Å². The molecule has 8 heteroatoms. The van der Waals surface area contributed by atoms with Crippen molar-refractivity contribution in [2.24, 2.45) is 0 Å². The van der Waals surface area contributed by atoms with Gasteiger partial charge in [0.2, 0.25) is 5.89 Å². The van der Waals surface area contributed by atoms with Crippen LogP contribution in [0.5, 0.6) is 0 Å². The Morgan fingerprint density at radius 3 is 2.47 bits per heavy atom. The Balaban J connectivity index is 1.31. The number of para-hydroxylation sites is 2. The zero-order valence-corrected chi connectivity index (χ0v) is 16.5. The first-order valence-electron chi connectivity index (χ1n) is 9.69. The number of benzene rings is 3. The zero-order chi connectivity index (χ0) is 22.1. The molecule has 8 nitrogen and oxygen atoms in total. The predicted molar refractivity (Wildman–Crippen MR) is 118 cm³/mol. The van der Waals surface area contributed by atoms with Gasteiger partial charge >= 0.3 is 0 Å². The van der Waals surface area contributed by atoms with E-state index in [2.05, 4.69) is 10.3 Å². The van der Waals surface area contributed by atoms with Crippen molar-refractivity contribution in [2.75, 3.05) is 5.32 Å². The number of fused-ring (bicyclic) bond motifs is 1. The molecule has 0 saturated carbocycles. The van der Waals surface area contributed by atoms with E-state index in [4.69, 9.17) is 8.83 Å². The number of rotatable bonds is 5. The number of hydrogen-bond acceptors (Lipinski definition) is 6. The molecular formula is C24H15N3O5. The monoisotopic (exact) mass is 425 g/mol. The SMILES string of the molecule is O=C(Nc1ccc(-c2nc3ccccc3o2)cc1)c1ccc(-c2cccc([N+](=O)[O-])c2)o1. The third kappa shape index (κ3) is 3.72. The first-order chi connectivity index (χ1) is 15.6. The van der Waals surface area contributed by atoms with Gasteiger partial charge in [0.05, 0.1) is 4.92 Å². The Morgan fingerprint density at radius 1 is 0.875 bits per heavy atom. The van der Waals surface area contributed by atoms with Crippen LogP contribution in [0.4, 0.5) is 11.4 Å². The first-order valence-corrected chi connectivity index (χ1v) is 9.69. The van der Waals surface area contributed by atoms with Crippen LogP contribution in [0.1, 0.15) is 10.6 Å². The van der Waals surface area contributed by atoms with E-state index in [9.17, 15) is 14.9 Å². The van der Waals surface area contributed by atoms with Crippen LogP contribution in [0.3, 0.4) is 0 Å². The Labute approximate surface area is 181 Å². The zero-order valence-electron chi connectivity index (χ0n) is 16.5. The maximum Gasteiger partial charge on any atom is 0.291 e. The number of non-ortho nitro benzene ring substituents is 1. The number of amides is 1. The van der Waals surface area contributed by atoms with Gasteiger partial charge in [-0.25, -0.2) is 4.98 Å². The molecule has 0 fully saturated rings. The fraction of sp³-hybridized carbons (Fsp3) is 0. The summed E-state index contributed by atoms with van der Waals surface area (Å²) in [4.78, 5) is 27.5. The Morgan fingerprint density at radius 2 is 1.69 bits per heavy atom. The number of nitro benzene ring substituents is 1. The van der Waals surface area contributed by atoms with Crippen molar-refractivity contribution in [2.45, 2.75) is 0 Å². The van der Waals surface area contributed by atoms with Crippen molar-refractivity contribution in [3.05, 3.63) is 101 Å². The van der Waals surface area contributed by atoms with Crippen molar-refractivity contribution in [3.8, 4) is 22.8 Å². The lowest BCUT2D eigenvalue weighted by molar-refractivity contribution is -0.384. The van der Waals surface area contributed by atoms with Gasteiger partial charge in [-0.05, 0) is 48.5 Å². The van der Waals surface area contributed by atoms with Crippen LogP contribution < -0.4 is 5.32 Å². The van der Waals surface area contributed by atoms with Gasteiger partial charge in [0.1, 0.15) is 11.3 Å². The third-order valence-corrected chi connectivity index (χ3v) is 4.85. The maximum absolute atomic E-state index is 12.6. The maximum atomic E-state index is 12.6. The molecule has 1 amide bonds. The second kappa shape index (κ2) is 7.84. The summed E-state index contributed by atoms with van der Waals surface area (Å²) in [6, 6.07) is 23.8. The molecule has 5 rings (SSSR count).